The highest BCUT2D eigenvalue weighted by molar-refractivity contribution is 9.10. The standard InChI is InChI=1S/C10H9BrN2O/c1-2-10(12)6-4-3-5-7(11)8(6)13-9(10)14/h2-5H,1,12H2,(H,13,14)/t10-/m0/s1. The minimum atomic E-state index is -1.10. The molecule has 1 atom stereocenters. The number of amides is 1. The van der Waals surface area contributed by atoms with E-state index in [2.05, 4.69) is 27.8 Å². The molecule has 3 N–H and O–H groups in total. The fourth-order valence-corrected chi connectivity index (χ4v) is 2.00. The van der Waals surface area contributed by atoms with Crippen molar-refractivity contribution >= 4 is 27.5 Å². The van der Waals surface area contributed by atoms with Gasteiger partial charge in [0.1, 0.15) is 5.54 Å². The Hall–Kier alpha value is -1.13. The van der Waals surface area contributed by atoms with Crippen molar-refractivity contribution in [1.29, 1.82) is 0 Å². The molecule has 72 valence electrons. The fourth-order valence-electron chi connectivity index (χ4n) is 1.54. The van der Waals surface area contributed by atoms with Crippen LogP contribution < -0.4 is 11.1 Å². The molecular weight excluding hydrogens is 244 g/mol. The lowest BCUT2D eigenvalue weighted by atomic mass is 9.93. The minimum absolute atomic E-state index is 0.241. The normalized spacial score (nSPS) is 24.3. The van der Waals surface area contributed by atoms with Crippen molar-refractivity contribution in [2.45, 2.75) is 5.54 Å². The first-order valence-corrected chi connectivity index (χ1v) is 4.92. The molecule has 1 aromatic carbocycles. The zero-order valence-electron chi connectivity index (χ0n) is 7.38. The Labute approximate surface area is 90.1 Å². The topological polar surface area (TPSA) is 55.1 Å². The predicted octanol–water partition coefficient (Wildman–Crippen LogP) is 1.74. The highest BCUT2D eigenvalue weighted by atomic mass is 79.9. The SMILES string of the molecule is C=C[C@@]1(N)C(=O)Nc2c(Br)cccc21. The van der Waals surface area contributed by atoms with Crippen LogP contribution in [0.15, 0.2) is 35.3 Å². The Morgan fingerprint density at radius 2 is 2.29 bits per heavy atom. The van der Waals surface area contributed by atoms with Gasteiger partial charge in [0, 0.05) is 10.0 Å². The Bertz CT molecular complexity index is 430. The molecule has 0 unspecified atom stereocenters. The molecule has 0 saturated carbocycles. The summed E-state index contributed by atoms with van der Waals surface area (Å²) in [5, 5.41) is 2.73. The van der Waals surface area contributed by atoms with Gasteiger partial charge in [-0.1, -0.05) is 18.2 Å². The Morgan fingerprint density at radius 1 is 1.57 bits per heavy atom. The molecule has 2 rings (SSSR count). The fraction of sp³-hybridized carbons (Fsp3) is 0.100. The summed E-state index contributed by atoms with van der Waals surface area (Å²) in [6.07, 6.45) is 1.46. The predicted molar refractivity (Wildman–Crippen MR) is 58.8 cm³/mol. The zero-order chi connectivity index (χ0) is 10.3. The van der Waals surface area contributed by atoms with Crippen LogP contribution in [-0.4, -0.2) is 5.91 Å². The lowest BCUT2D eigenvalue weighted by Crippen LogP contribution is -2.41. The van der Waals surface area contributed by atoms with Crippen molar-refractivity contribution in [3.8, 4) is 0 Å². The lowest BCUT2D eigenvalue weighted by molar-refractivity contribution is -0.119. The molecule has 0 aliphatic carbocycles. The molecule has 1 aromatic rings. The van der Waals surface area contributed by atoms with Crippen LogP contribution in [0.4, 0.5) is 5.69 Å². The van der Waals surface area contributed by atoms with E-state index in [0.717, 1.165) is 15.7 Å². The van der Waals surface area contributed by atoms with Crippen LogP contribution >= 0.6 is 15.9 Å². The van der Waals surface area contributed by atoms with Crippen LogP contribution in [0.1, 0.15) is 5.56 Å². The average Bonchev–Trinajstić information content (AvgIpc) is 2.43. The summed E-state index contributed by atoms with van der Waals surface area (Å²) in [6, 6.07) is 5.52. The number of halogens is 1. The summed E-state index contributed by atoms with van der Waals surface area (Å²) in [4.78, 5) is 11.6. The third kappa shape index (κ3) is 1.04. The molecule has 1 aliphatic rings. The van der Waals surface area contributed by atoms with E-state index >= 15 is 0 Å². The number of rotatable bonds is 1. The van der Waals surface area contributed by atoms with Crippen molar-refractivity contribution in [1.82, 2.24) is 0 Å². The van der Waals surface area contributed by atoms with Crippen molar-refractivity contribution in [2.75, 3.05) is 5.32 Å². The zero-order valence-corrected chi connectivity index (χ0v) is 8.97. The van der Waals surface area contributed by atoms with E-state index in [9.17, 15) is 4.79 Å². The number of para-hydroxylation sites is 1. The molecule has 1 amide bonds. The lowest BCUT2D eigenvalue weighted by Gasteiger charge is -2.16. The Balaban J connectivity index is 2.70. The molecule has 0 bridgehead atoms. The second-order valence-corrected chi connectivity index (χ2v) is 4.04. The van der Waals surface area contributed by atoms with Gasteiger partial charge < -0.3 is 11.1 Å². The van der Waals surface area contributed by atoms with E-state index in [-0.39, 0.29) is 5.91 Å². The number of carbonyl (C=O) groups is 1. The number of hydrogen-bond acceptors (Lipinski definition) is 2. The first-order valence-electron chi connectivity index (χ1n) is 4.12. The van der Waals surface area contributed by atoms with Gasteiger partial charge in [-0.3, -0.25) is 4.79 Å². The molecule has 0 spiro atoms. The number of hydrogen-bond donors (Lipinski definition) is 2. The Kier molecular flexibility index (Phi) is 1.97. The summed E-state index contributed by atoms with van der Waals surface area (Å²) in [7, 11) is 0. The molecule has 0 saturated heterocycles. The Morgan fingerprint density at radius 3 is 2.93 bits per heavy atom. The summed E-state index contributed by atoms with van der Waals surface area (Å²) >= 11 is 3.35. The van der Waals surface area contributed by atoms with E-state index in [1.165, 1.54) is 6.08 Å². The quantitative estimate of drug-likeness (QED) is 0.749. The third-order valence-corrected chi connectivity index (χ3v) is 3.06. The van der Waals surface area contributed by atoms with Crippen LogP contribution in [-0.2, 0) is 10.3 Å². The number of nitrogens with one attached hydrogen (secondary N) is 1. The number of fused-ring (bicyclic) bond motifs is 1. The number of benzene rings is 1. The third-order valence-electron chi connectivity index (χ3n) is 2.40. The molecule has 3 nitrogen and oxygen atoms in total. The van der Waals surface area contributed by atoms with Crippen LogP contribution in [0.3, 0.4) is 0 Å². The van der Waals surface area contributed by atoms with Gasteiger partial charge in [-0.25, -0.2) is 0 Å². The van der Waals surface area contributed by atoms with E-state index in [1.54, 1.807) is 0 Å². The molecule has 4 heteroatoms. The number of nitrogens with two attached hydrogens (primary N) is 1. The van der Waals surface area contributed by atoms with Gasteiger partial charge in [-0.05, 0) is 22.0 Å². The largest absolute Gasteiger partial charge is 0.323 e. The molecule has 1 aliphatic heterocycles. The van der Waals surface area contributed by atoms with Gasteiger partial charge in [0.15, 0.2) is 0 Å². The molecule has 14 heavy (non-hydrogen) atoms. The number of anilines is 1. The molecule has 0 fully saturated rings. The van der Waals surface area contributed by atoms with Gasteiger partial charge in [0.05, 0.1) is 5.69 Å². The molecule has 0 aromatic heterocycles. The molecule has 0 radical (unpaired) electrons. The highest BCUT2D eigenvalue weighted by Gasteiger charge is 2.41. The van der Waals surface area contributed by atoms with Crippen molar-refractivity contribution < 1.29 is 4.79 Å². The smallest absolute Gasteiger partial charge is 0.253 e. The second kappa shape index (κ2) is 2.93. The van der Waals surface area contributed by atoms with Crippen LogP contribution in [0, 0.1) is 0 Å². The summed E-state index contributed by atoms with van der Waals surface area (Å²) in [5.41, 5.74) is 6.33. The maximum Gasteiger partial charge on any atom is 0.253 e. The van der Waals surface area contributed by atoms with Gasteiger partial charge in [0.25, 0.3) is 5.91 Å². The van der Waals surface area contributed by atoms with Gasteiger partial charge in [0.2, 0.25) is 0 Å². The van der Waals surface area contributed by atoms with Crippen LogP contribution in [0.2, 0.25) is 0 Å². The van der Waals surface area contributed by atoms with Crippen molar-refractivity contribution in [3.05, 3.63) is 40.9 Å². The first kappa shape index (κ1) is 9.43. The molecular formula is C10H9BrN2O. The average molecular weight is 253 g/mol. The number of carbonyl (C=O) groups excluding carboxylic acids is 1. The van der Waals surface area contributed by atoms with Crippen molar-refractivity contribution in [3.63, 3.8) is 0 Å². The maximum absolute atomic E-state index is 11.6. The van der Waals surface area contributed by atoms with Crippen molar-refractivity contribution in [2.24, 2.45) is 5.73 Å². The minimum Gasteiger partial charge on any atom is -0.323 e. The second-order valence-electron chi connectivity index (χ2n) is 3.19. The van der Waals surface area contributed by atoms with Crippen LogP contribution in [0.25, 0.3) is 0 Å². The van der Waals surface area contributed by atoms with E-state index in [1.807, 2.05) is 18.2 Å². The van der Waals surface area contributed by atoms with E-state index in [4.69, 9.17) is 5.73 Å². The highest BCUT2D eigenvalue weighted by Crippen LogP contribution is 2.39. The van der Waals surface area contributed by atoms with Gasteiger partial charge in [-0.2, -0.15) is 0 Å². The maximum atomic E-state index is 11.6. The van der Waals surface area contributed by atoms with Gasteiger partial charge >= 0.3 is 0 Å². The summed E-state index contributed by atoms with van der Waals surface area (Å²) < 4.78 is 0.831. The van der Waals surface area contributed by atoms with Gasteiger partial charge in [-0.15, -0.1) is 6.58 Å². The first-order chi connectivity index (χ1) is 6.59. The van der Waals surface area contributed by atoms with Crippen LogP contribution in [0.5, 0.6) is 0 Å². The monoisotopic (exact) mass is 252 g/mol. The summed E-state index contributed by atoms with van der Waals surface area (Å²) in [5.74, 6) is -0.241. The van der Waals surface area contributed by atoms with E-state index in [0.29, 0.717) is 0 Å². The summed E-state index contributed by atoms with van der Waals surface area (Å²) in [6.45, 7) is 3.59. The molecule has 1 heterocycles. The van der Waals surface area contributed by atoms with E-state index < -0.39 is 5.54 Å².